The number of nitro groups is 1. The number of nitro benzene ring substituents is 1. The predicted octanol–water partition coefficient (Wildman–Crippen LogP) is 1.92. The molecule has 0 amide bonds. The number of ether oxygens (including phenoxy) is 1. The van der Waals surface area contributed by atoms with Gasteiger partial charge in [-0.1, -0.05) is 0 Å². The van der Waals surface area contributed by atoms with E-state index in [1.165, 1.54) is 13.2 Å². The van der Waals surface area contributed by atoms with Crippen LogP contribution in [0, 0.1) is 21.4 Å². The van der Waals surface area contributed by atoms with Crippen LogP contribution in [0.3, 0.4) is 0 Å². The summed E-state index contributed by atoms with van der Waals surface area (Å²) in [6.45, 7) is 0. The van der Waals surface area contributed by atoms with E-state index in [9.17, 15) is 14.9 Å². The zero-order chi connectivity index (χ0) is 13.7. The van der Waals surface area contributed by atoms with Gasteiger partial charge < -0.3 is 4.74 Å². The Bertz CT molecular complexity index is 537. The van der Waals surface area contributed by atoms with Crippen molar-refractivity contribution in [2.24, 2.45) is 0 Å². The average molecular weight is 269 g/mol. The Hall–Kier alpha value is -2.13. The van der Waals surface area contributed by atoms with Crippen LogP contribution in [0.25, 0.3) is 0 Å². The first-order valence-corrected chi connectivity index (χ1v) is 5.40. The number of hydrogen-bond acceptors (Lipinski definition) is 5. The fourth-order valence-corrected chi connectivity index (χ4v) is 1.79. The summed E-state index contributed by atoms with van der Waals surface area (Å²) in [5.41, 5.74) is 0.408. The van der Waals surface area contributed by atoms with E-state index in [0.717, 1.165) is 6.07 Å². The van der Waals surface area contributed by atoms with Crippen molar-refractivity contribution in [1.29, 1.82) is 5.26 Å². The minimum Gasteiger partial charge on any atom is -0.469 e. The number of nitrogens with zero attached hydrogens (tertiary/aromatic N) is 2. The molecule has 7 heteroatoms. The maximum atomic E-state index is 11.2. The van der Waals surface area contributed by atoms with Crippen LogP contribution in [0.1, 0.15) is 16.7 Å². The van der Waals surface area contributed by atoms with E-state index in [1.807, 2.05) is 0 Å². The van der Waals surface area contributed by atoms with Crippen LogP contribution in [-0.4, -0.2) is 18.0 Å². The molecule has 1 rings (SSSR count). The van der Waals surface area contributed by atoms with Crippen LogP contribution < -0.4 is 0 Å². The number of carbonyl (C=O) groups is 1. The second kappa shape index (κ2) is 5.98. The lowest BCUT2D eigenvalue weighted by molar-refractivity contribution is -0.385. The number of hydrogen-bond donors (Lipinski definition) is 0. The van der Waals surface area contributed by atoms with E-state index >= 15 is 0 Å². The van der Waals surface area contributed by atoms with Gasteiger partial charge in [-0.15, -0.1) is 11.6 Å². The summed E-state index contributed by atoms with van der Waals surface area (Å²) in [7, 11) is 1.21. The summed E-state index contributed by atoms with van der Waals surface area (Å²) in [6.07, 6.45) is -0.158. The highest BCUT2D eigenvalue weighted by molar-refractivity contribution is 6.17. The Balaban J connectivity index is 3.38. The van der Waals surface area contributed by atoms with Gasteiger partial charge >= 0.3 is 5.97 Å². The molecule has 18 heavy (non-hydrogen) atoms. The fourth-order valence-electron chi connectivity index (χ4n) is 1.48. The van der Waals surface area contributed by atoms with Crippen LogP contribution in [0.15, 0.2) is 12.1 Å². The molecule has 1 aromatic rings. The molecule has 0 aliphatic heterocycles. The lowest BCUT2D eigenvalue weighted by atomic mass is 10.0. The summed E-state index contributed by atoms with van der Waals surface area (Å²) >= 11 is 5.66. The molecule has 0 aromatic heterocycles. The van der Waals surface area contributed by atoms with Crippen molar-refractivity contribution >= 4 is 23.3 Å². The van der Waals surface area contributed by atoms with E-state index in [2.05, 4.69) is 4.74 Å². The van der Waals surface area contributed by atoms with Gasteiger partial charge in [0.25, 0.3) is 5.69 Å². The number of carbonyl (C=O) groups excluding carboxylic acids is 1. The molecule has 0 N–H and O–H groups in total. The molecule has 0 aliphatic rings. The molecule has 0 heterocycles. The van der Waals surface area contributed by atoms with Crippen LogP contribution in [0.4, 0.5) is 5.69 Å². The molecule has 0 fully saturated rings. The van der Waals surface area contributed by atoms with E-state index in [1.54, 1.807) is 6.07 Å². The van der Waals surface area contributed by atoms with Gasteiger partial charge in [0.05, 0.1) is 36.0 Å². The molecule has 0 saturated carbocycles. The molecule has 0 spiro atoms. The second-order valence-corrected chi connectivity index (χ2v) is 3.66. The lowest BCUT2D eigenvalue weighted by Crippen LogP contribution is -2.08. The SMILES string of the molecule is COC(=O)Cc1cc(C#N)cc([N+](=O)[O-])c1CCl. The van der Waals surface area contributed by atoms with E-state index in [4.69, 9.17) is 16.9 Å². The topological polar surface area (TPSA) is 93.2 Å². The van der Waals surface area contributed by atoms with Crippen molar-refractivity contribution in [1.82, 2.24) is 0 Å². The van der Waals surface area contributed by atoms with E-state index in [0.29, 0.717) is 5.56 Å². The summed E-state index contributed by atoms with van der Waals surface area (Å²) in [5.74, 6) is -0.667. The van der Waals surface area contributed by atoms with Crippen LogP contribution in [-0.2, 0) is 21.8 Å². The molecular formula is C11H9ClN2O4. The maximum absolute atomic E-state index is 11.2. The molecule has 0 unspecified atom stereocenters. The first kappa shape index (κ1) is 13.9. The zero-order valence-corrected chi connectivity index (χ0v) is 10.2. The molecule has 94 valence electrons. The minimum atomic E-state index is -0.626. The van der Waals surface area contributed by atoms with Gasteiger partial charge in [-0.05, 0) is 11.6 Å². The Labute approximate surface area is 108 Å². The summed E-state index contributed by atoms with van der Waals surface area (Å²) in [6, 6.07) is 4.35. The number of rotatable bonds is 4. The molecule has 0 saturated heterocycles. The second-order valence-electron chi connectivity index (χ2n) is 3.39. The van der Waals surface area contributed by atoms with Gasteiger partial charge in [0, 0.05) is 11.6 Å². The van der Waals surface area contributed by atoms with Crippen molar-refractivity contribution in [3.05, 3.63) is 38.9 Å². The third kappa shape index (κ3) is 2.96. The molecule has 0 bridgehead atoms. The summed E-state index contributed by atoms with van der Waals surface area (Å²) in [4.78, 5) is 21.5. The number of nitriles is 1. The Morgan fingerprint density at radius 3 is 2.72 bits per heavy atom. The summed E-state index contributed by atoms with van der Waals surface area (Å²) in [5, 5.41) is 19.7. The normalized spacial score (nSPS) is 9.61. The Morgan fingerprint density at radius 1 is 1.61 bits per heavy atom. The van der Waals surface area contributed by atoms with Gasteiger partial charge in [0.1, 0.15) is 0 Å². The van der Waals surface area contributed by atoms with Crippen molar-refractivity contribution in [2.75, 3.05) is 7.11 Å². The third-order valence-corrected chi connectivity index (χ3v) is 2.61. The Kier molecular flexibility index (Phi) is 4.63. The van der Waals surface area contributed by atoms with Crippen LogP contribution in [0.2, 0.25) is 0 Å². The molecular weight excluding hydrogens is 260 g/mol. The van der Waals surface area contributed by atoms with Crippen LogP contribution >= 0.6 is 11.6 Å². The van der Waals surface area contributed by atoms with Gasteiger partial charge in [-0.2, -0.15) is 5.26 Å². The molecule has 0 atom stereocenters. The quantitative estimate of drug-likeness (QED) is 0.360. The largest absolute Gasteiger partial charge is 0.469 e. The standard InChI is InChI=1S/C11H9ClN2O4/c1-18-11(15)4-8-2-7(6-13)3-10(14(16)17)9(8)5-12/h2-3H,4-5H2,1H3. The van der Waals surface area contributed by atoms with E-state index in [-0.39, 0.29) is 29.1 Å². The molecule has 6 nitrogen and oxygen atoms in total. The Morgan fingerprint density at radius 2 is 2.28 bits per heavy atom. The fraction of sp³-hybridized carbons (Fsp3) is 0.273. The number of halogens is 1. The first-order valence-electron chi connectivity index (χ1n) is 4.86. The highest BCUT2D eigenvalue weighted by Crippen LogP contribution is 2.27. The summed E-state index contributed by atoms with van der Waals surface area (Å²) < 4.78 is 4.49. The molecule has 0 radical (unpaired) electrons. The smallest absolute Gasteiger partial charge is 0.309 e. The predicted molar refractivity (Wildman–Crippen MR) is 63.1 cm³/mol. The highest BCUT2D eigenvalue weighted by atomic mass is 35.5. The van der Waals surface area contributed by atoms with Crippen molar-refractivity contribution in [2.45, 2.75) is 12.3 Å². The lowest BCUT2D eigenvalue weighted by Gasteiger charge is -2.07. The number of alkyl halides is 1. The minimum absolute atomic E-state index is 0.106. The van der Waals surface area contributed by atoms with Gasteiger partial charge in [0.15, 0.2) is 0 Å². The van der Waals surface area contributed by atoms with Gasteiger partial charge in [0.2, 0.25) is 0 Å². The van der Waals surface area contributed by atoms with Gasteiger partial charge in [-0.25, -0.2) is 0 Å². The average Bonchev–Trinajstić information content (AvgIpc) is 2.37. The number of benzene rings is 1. The highest BCUT2D eigenvalue weighted by Gasteiger charge is 2.20. The maximum Gasteiger partial charge on any atom is 0.309 e. The molecule has 0 aliphatic carbocycles. The van der Waals surface area contributed by atoms with Crippen molar-refractivity contribution in [3.8, 4) is 6.07 Å². The first-order chi connectivity index (χ1) is 8.53. The zero-order valence-electron chi connectivity index (χ0n) is 9.47. The van der Waals surface area contributed by atoms with Crippen LogP contribution in [0.5, 0.6) is 0 Å². The van der Waals surface area contributed by atoms with Gasteiger partial charge in [-0.3, -0.25) is 14.9 Å². The molecule has 1 aromatic carbocycles. The van der Waals surface area contributed by atoms with Crippen molar-refractivity contribution < 1.29 is 14.5 Å². The third-order valence-electron chi connectivity index (χ3n) is 2.34. The van der Waals surface area contributed by atoms with E-state index < -0.39 is 10.9 Å². The number of methoxy groups -OCH3 is 1. The monoisotopic (exact) mass is 268 g/mol. The van der Waals surface area contributed by atoms with Crippen molar-refractivity contribution in [3.63, 3.8) is 0 Å². The number of esters is 1.